The molecule has 0 aliphatic rings. The van der Waals surface area contributed by atoms with Gasteiger partial charge in [0.15, 0.2) is 11.5 Å². The number of fused-ring (bicyclic) bond motifs is 1. The van der Waals surface area contributed by atoms with E-state index < -0.39 is 0 Å². The predicted octanol–water partition coefficient (Wildman–Crippen LogP) is 1.77. The van der Waals surface area contributed by atoms with Gasteiger partial charge < -0.3 is 20.3 Å². The number of imidazole rings is 1. The number of aromatic amines is 1. The Kier molecular flexibility index (Phi) is 5.74. The number of nitrogens with one attached hydrogen (secondary N) is 2. The monoisotopic (exact) mass is 292 g/mol. The second-order valence-electron chi connectivity index (χ2n) is 5.10. The van der Waals surface area contributed by atoms with E-state index in [-0.39, 0.29) is 6.61 Å². The van der Waals surface area contributed by atoms with Gasteiger partial charge in [0.2, 0.25) is 5.95 Å². The number of unbranched alkanes of at least 4 members (excludes halogenated alkanes) is 2. The summed E-state index contributed by atoms with van der Waals surface area (Å²) >= 11 is 0. The first-order valence-electron chi connectivity index (χ1n) is 7.53. The highest BCUT2D eigenvalue weighted by Crippen LogP contribution is 2.22. The lowest BCUT2D eigenvalue weighted by Crippen LogP contribution is -2.21. The third kappa shape index (κ3) is 4.04. The molecule has 0 bridgehead atoms. The first-order chi connectivity index (χ1) is 10.3. The van der Waals surface area contributed by atoms with Crippen LogP contribution in [0.15, 0.2) is 6.33 Å². The Morgan fingerprint density at radius 1 is 1.29 bits per heavy atom. The van der Waals surface area contributed by atoms with E-state index in [0.717, 1.165) is 50.1 Å². The fraction of sp³-hybridized carbons (Fsp3) is 0.643. The van der Waals surface area contributed by atoms with Crippen LogP contribution in [0.4, 0.5) is 11.8 Å². The van der Waals surface area contributed by atoms with Crippen LogP contribution in [0, 0.1) is 0 Å². The highest BCUT2D eigenvalue weighted by atomic mass is 16.2. The molecule has 0 saturated carbocycles. The summed E-state index contributed by atoms with van der Waals surface area (Å²) in [7, 11) is 2.02. The fourth-order valence-corrected chi connectivity index (χ4v) is 2.15. The average Bonchev–Trinajstić information content (AvgIpc) is 2.96. The molecule has 0 atom stereocenters. The zero-order valence-corrected chi connectivity index (χ0v) is 12.8. The number of aliphatic hydroxyl groups excluding tert-OH is 1. The molecule has 0 radical (unpaired) electrons. The van der Waals surface area contributed by atoms with Crippen molar-refractivity contribution < 1.29 is 5.11 Å². The Morgan fingerprint density at radius 3 is 2.90 bits per heavy atom. The maximum atomic E-state index is 8.83. The van der Waals surface area contributed by atoms with E-state index in [1.165, 1.54) is 0 Å². The molecule has 116 valence electrons. The Morgan fingerprint density at radius 2 is 2.14 bits per heavy atom. The molecular weight excluding hydrogens is 268 g/mol. The first-order valence-corrected chi connectivity index (χ1v) is 7.53. The van der Waals surface area contributed by atoms with E-state index >= 15 is 0 Å². The molecule has 3 N–H and O–H groups in total. The minimum atomic E-state index is 0.257. The van der Waals surface area contributed by atoms with E-state index in [0.29, 0.717) is 11.6 Å². The van der Waals surface area contributed by atoms with Crippen molar-refractivity contribution in [1.82, 2.24) is 19.9 Å². The number of rotatable bonds is 9. The molecule has 0 aromatic carbocycles. The van der Waals surface area contributed by atoms with Gasteiger partial charge in [-0.05, 0) is 25.7 Å². The van der Waals surface area contributed by atoms with Crippen LogP contribution in [0.25, 0.3) is 11.2 Å². The number of nitrogens with zero attached hydrogens (tertiary/aromatic N) is 4. The highest BCUT2D eigenvalue weighted by molar-refractivity contribution is 5.84. The second kappa shape index (κ2) is 7.78. The molecule has 7 heteroatoms. The van der Waals surface area contributed by atoms with Gasteiger partial charge in [-0.3, -0.25) is 0 Å². The van der Waals surface area contributed by atoms with Crippen LogP contribution in [0.1, 0.15) is 32.6 Å². The second-order valence-corrected chi connectivity index (χ2v) is 5.10. The van der Waals surface area contributed by atoms with Crippen LogP contribution in [0.2, 0.25) is 0 Å². The summed E-state index contributed by atoms with van der Waals surface area (Å²) in [5.74, 6) is 1.48. The zero-order valence-electron chi connectivity index (χ0n) is 12.8. The van der Waals surface area contributed by atoms with Crippen LogP contribution >= 0.6 is 0 Å². The topological polar surface area (TPSA) is 90.0 Å². The zero-order chi connectivity index (χ0) is 15.1. The molecule has 0 unspecified atom stereocenters. The maximum Gasteiger partial charge on any atom is 0.226 e. The molecule has 7 nitrogen and oxygen atoms in total. The maximum absolute atomic E-state index is 8.83. The van der Waals surface area contributed by atoms with Crippen molar-refractivity contribution in [3.63, 3.8) is 0 Å². The molecule has 2 rings (SSSR count). The Balaban J connectivity index is 2.13. The largest absolute Gasteiger partial charge is 0.396 e. The van der Waals surface area contributed by atoms with Gasteiger partial charge in [-0.15, -0.1) is 0 Å². The summed E-state index contributed by atoms with van der Waals surface area (Å²) in [5.41, 5.74) is 1.54. The normalized spacial score (nSPS) is 11.0. The third-order valence-electron chi connectivity index (χ3n) is 3.31. The minimum Gasteiger partial charge on any atom is -0.396 e. The van der Waals surface area contributed by atoms with E-state index in [1.54, 1.807) is 6.33 Å². The Labute approximate surface area is 124 Å². The summed E-state index contributed by atoms with van der Waals surface area (Å²) in [6.45, 7) is 4.09. The molecule has 0 saturated heterocycles. The standard InChI is InChI=1S/C14H24N6O/c1-3-7-15-14-18-12-11(16-10-17-12)13(19-14)20(2)8-5-4-6-9-21/h10,21H,3-9H2,1-2H3,(H2,15,16,17,18,19). The average molecular weight is 292 g/mol. The van der Waals surface area contributed by atoms with E-state index in [4.69, 9.17) is 5.11 Å². The van der Waals surface area contributed by atoms with Crippen molar-refractivity contribution in [3.8, 4) is 0 Å². The molecule has 0 aliphatic heterocycles. The number of aliphatic hydroxyl groups is 1. The fourth-order valence-electron chi connectivity index (χ4n) is 2.15. The Bertz CT molecular complexity index is 555. The smallest absolute Gasteiger partial charge is 0.226 e. The lowest BCUT2D eigenvalue weighted by molar-refractivity contribution is 0.283. The van der Waals surface area contributed by atoms with Crippen LogP contribution in [0.5, 0.6) is 0 Å². The molecular formula is C14H24N6O. The first kappa shape index (κ1) is 15.5. The minimum absolute atomic E-state index is 0.257. The number of hydrogen-bond donors (Lipinski definition) is 3. The SMILES string of the molecule is CCCNc1nc(N(C)CCCCCO)c2[nH]cnc2n1. The Hall–Kier alpha value is -1.89. The number of hydrogen-bond acceptors (Lipinski definition) is 6. The van der Waals surface area contributed by atoms with Gasteiger partial charge >= 0.3 is 0 Å². The molecule has 2 aromatic heterocycles. The van der Waals surface area contributed by atoms with Crippen molar-refractivity contribution in [3.05, 3.63) is 6.33 Å². The molecule has 0 fully saturated rings. The van der Waals surface area contributed by atoms with Gasteiger partial charge in [0.25, 0.3) is 0 Å². The summed E-state index contributed by atoms with van der Waals surface area (Å²) in [4.78, 5) is 18.4. The lowest BCUT2D eigenvalue weighted by atomic mass is 10.2. The van der Waals surface area contributed by atoms with Crippen LogP contribution in [0.3, 0.4) is 0 Å². The molecule has 21 heavy (non-hydrogen) atoms. The van der Waals surface area contributed by atoms with Gasteiger partial charge in [-0.2, -0.15) is 9.97 Å². The molecule has 0 aliphatic carbocycles. The molecule has 2 aromatic rings. The van der Waals surface area contributed by atoms with E-state index in [2.05, 4.69) is 37.1 Å². The lowest BCUT2D eigenvalue weighted by Gasteiger charge is -2.19. The van der Waals surface area contributed by atoms with Gasteiger partial charge in [-0.25, -0.2) is 4.98 Å². The summed E-state index contributed by atoms with van der Waals surface area (Å²) in [5, 5.41) is 12.0. The van der Waals surface area contributed by atoms with Crippen LogP contribution in [-0.2, 0) is 0 Å². The highest BCUT2D eigenvalue weighted by Gasteiger charge is 2.13. The number of anilines is 2. The number of H-pyrrole nitrogens is 1. The number of aromatic nitrogens is 4. The van der Waals surface area contributed by atoms with E-state index in [1.807, 2.05) is 7.05 Å². The van der Waals surface area contributed by atoms with Crippen molar-refractivity contribution in [2.45, 2.75) is 32.6 Å². The predicted molar refractivity (Wildman–Crippen MR) is 84.7 cm³/mol. The van der Waals surface area contributed by atoms with Crippen molar-refractivity contribution in [2.75, 3.05) is 37.0 Å². The third-order valence-corrected chi connectivity index (χ3v) is 3.31. The van der Waals surface area contributed by atoms with Gasteiger partial charge in [0.05, 0.1) is 6.33 Å². The van der Waals surface area contributed by atoms with E-state index in [9.17, 15) is 0 Å². The molecule has 0 spiro atoms. The van der Waals surface area contributed by atoms with Crippen LogP contribution < -0.4 is 10.2 Å². The summed E-state index contributed by atoms with van der Waals surface area (Å²) < 4.78 is 0. The van der Waals surface area contributed by atoms with Crippen molar-refractivity contribution in [1.29, 1.82) is 0 Å². The van der Waals surface area contributed by atoms with Gasteiger partial charge in [-0.1, -0.05) is 6.92 Å². The summed E-state index contributed by atoms with van der Waals surface area (Å²) in [6.07, 6.45) is 5.55. The molecule has 0 amide bonds. The van der Waals surface area contributed by atoms with Gasteiger partial charge in [0.1, 0.15) is 5.52 Å². The van der Waals surface area contributed by atoms with Gasteiger partial charge in [0, 0.05) is 26.7 Å². The molecule has 2 heterocycles. The van der Waals surface area contributed by atoms with Crippen molar-refractivity contribution in [2.24, 2.45) is 0 Å². The summed E-state index contributed by atoms with van der Waals surface area (Å²) in [6, 6.07) is 0. The quantitative estimate of drug-likeness (QED) is 0.610. The van der Waals surface area contributed by atoms with Crippen LogP contribution in [-0.4, -0.2) is 51.8 Å². The van der Waals surface area contributed by atoms with Crippen molar-refractivity contribution >= 4 is 22.9 Å².